The fourth-order valence-electron chi connectivity index (χ4n) is 11.7. The molecule has 8 bridgehead atoms. The Morgan fingerprint density at radius 2 is 1.11 bits per heavy atom. The number of hydrogen-bond acceptors (Lipinski definition) is 7. The van der Waals surface area contributed by atoms with Gasteiger partial charge in [0.25, 0.3) is 0 Å². The lowest BCUT2D eigenvalue weighted by molar-refractivity contribution is -0.141. The van der Waals surface area contributed by atoms with E-state index in [0.717, 1.165) is 25.7 Å². The lowest BCUT2D eigenvalue weighted by Gasteiger charge is -2.35. The minimum absolute atomic E-state index is 0.127. The van der Waals surface area contributed by atoms with Crippen molar-refractivity contribution in [3.63, 3.8) is 0 Å². The molecule has 21 unspecified atom stereocenters. The summed E-state index contributed by atoms with van der Waals surface area (Å²) in [4.78, 5) is 13.2. The molecule has 5 aliphatic heterocycles. The summed E-state index contributed by atoms with van der Waals surface area (Å²) in [5, 5.41) is 28.4. The third kappa shape index (κ3) is 5.55. The maximum absolute atomic E-state index is 12.4. The summed E-state index contributed by atoms with van der Waals surface area (Å²) in [5.41, 5.74) is 0. The number of nitrogens with one attached hydrogen (secondary N) is 4. The van der Waals surface area contributed by atoms with E-state index in [1.54, 1.807) is 0 Å². The molecule has 0 spiro atoms. The maximum atomic E-state index is 12.4. The summed E-state index contributed by atoms with van der Waals surface area (Å²) < 4.78 is 5.10. The van der Waals surface area contributed by atoms with Gasteiger partial charge in [0.1, 0.15) is 0 Å². The van der Waals surface area contributed by atoms with Crippen LogP contribution in [0.15, 0.2) is 0 Å². The number of aliphatic hydroxyl groups is 1. The van der Waals surface area contributed by atoms with Crippen molar-refractivity contribution in [3.8, 4) is 0 Å². The molecule has 0 radical (unpaired) electrons. The van der Waals surface area contributed by atoms with Gasteiger partial charge in [-0.15, -0.1) is 0 Å². The third-order valence-electron chi connectivity index (χ3n) is 14.0. The second-order valence-electron chi connectivity index (χ2n) is 15.6. The van der Waals surface area contributed by atoms with Gasteiger partial charge in [-0.05, 0) is 60.2 Å². The first-order valence-electron chi connectivity index (χ1n) is 17.7. The summed E-state index contributed by atoms with van der Waals surface area (Å²) in [7, 11) is 1.49. The number of alkyl halides is 3. The third-order valence-corrected chi connectivity index (χ3v) is 17.4. The number of hydrogen-bond donors (Lipinski definition) is 5. The van der Waals surface area contributed by atoms with Crippen LogP contribution in [0.2, 0.25) is 0 Å². The molecule has 1 saturated carbocycles. The van der Waals surface area contributed by atoms with Gasteiger partial charge in [-0.25, -0.2) is 0 Å². The highest BCUT2D eigenvalue weighted by Crippen LogP contribution is 2.52. The molecule has 5 N–H and O–H groups in total. The van der Waals surface area contributed by atoms with E-state index in [1.165, 1.54) is 7.11 Å². The van der Waals surface area contributed by atoms with Crippen molar-refractivity contribution in [2.24, 2.45) is 53.3 Å². The molecule has 0 aromatic carbocycles. The SMILES string of the molecule is CCC1C(C)C2NC1C(Br)C1NC(C(Br)C3NC4C(CC(O)C4C3C)C3NC(C(C)C3CCC(=O)OC)C2Br)C(CC)C1C. The Hall–Kier alpha value is 0.710. The van der Waals surface area contributed by atoms with Crippen molar-refractivity contribution < 1.29 is 14.6 Å². The van der Waals surface area contributed by atoms with E-state index in [0.29, 0.717) is 82.8 Å². The smallest absolute Gasteiger partial charge is 0.305 e. The van der Waals surface area contributed by atoms with Gasteiger partial charge in [-0.1, -0.05) is 102 Å². The predicted octanol–water partition coefficient (Wildman–Crippen LogP) is 4.82. The van der Waals surface area contributed by atoms with Crippen LogP contribution in [0.25, 0.3) is 0 Å². The van der Waals surface area contributed by atoms with Crippen LogP contribution in [0, 0.1) is 53.3 Å². The van der Waals surface area contributed by atoms with Crippen molar-refractivity contribution in [2.45, 2.75) is 143 Å². The molecule has 6 fully saturated rings. The van der Waals surface area contributed by atoms with Gasteiger partial charge >= 0.3 is 5.97 Å². The molecule has 7 nitrogen and oxygen atoms in total. The second-order valence-corrected chi connectivity index (χ2v) is 18.8. The fraction of sp³-hybridized carbons (Fsp3) is 0.971. The largest absolute Gasteiger partial charge is 0.469 e. The first-order chi connectivity index (χ1) is 20.9. The number of rotatable bonds is 5. The Bertz CT molecular complexity index is 1040. The van der Waals surface area contributed by atoms with Crippen molar-refractivity contribution in [3.05, 3.63) is 0 Å². The number of aliphatic hydroxyl groups excluding tert-OH is 1. The van der Waals surface area contributed by atoms with Crippen molar-refractivity contribution in [1.29, 1.82) is 0 Å². The number of carbonyl (C=O) groups excluding carboxylic acids is 1. The molecule has 0 aromatic rings. The highest BCUT2D eigenvalue weighted by atomic mass is 79.9. The standard InChI is InChI=1S/C34H57Br3N4O3/c1-8-17-13(3)27-24(35)29-15(5)19(10-11-22(43)44-7)31(38-29)20-12-21(42)23-16(6)30(39-32(20)23)26(37)34-18(9-2)14(4)28(41-34)25(36)33(17)40-27/h13-21,23-34,38-42H,8-12H2,1-7H3. The first-order valence-corrected chi connectivity index (χ1v) is 20.4. The van der Waals surface area contributed by atoms with Gasteiger partial charge in [-0.2, -0.15) is 0 Å². The molecule has 6 aliphatic rings. The number of carbonyl (C=O) groups is 1. The highest BCUT2D eigenvalue weighted by Gasteiger charge is 2.61. The summed E-state index contributed by atoms with van der Waals surface area (Å²) in [6, 6.07) is 2.52. The number of esters is 1. The van der Waals surface area contributed by atoms with E-state index in [1.807, 2.05) is 0 Å². The molecule has 5 heterocycles. The Labute approximate surface area is 291 Å². The van der Waals surface area contributed by atoms with Gasteiger partial charge in [0.15, 0.2) is 0 Å². The van der Waals surface area contributed by atoms with Crippen LogP contribution < -0.4 is 21.3 Å². The molecule has 10 heteroatoms. The van der Waals surface area contributed by atoms with Gasteiger partial charge in [0, 0.05) is 75.2 Å². The number of halogens is 3. The zero-order valence-corrected chi connectivity index (χ0v) is 32.3. The van der Waals surface area contributed by atoms with E-state index in [2.05, 4.69) is 111 Å². The molecule has 0 aromatic heterocycles. The van der Waals surface area contributed by atoms with E-state index in [9.17, 15) is 9.90 Å². The molecule has 5 saturated heterocycles. The van der Waals surface area contributed by atoms with Gasteiger partial charge in [0.2, 0.25) is 0 Å². The van der Waals surface area contributed by atoms with Crippen LogP contribution in [0.3, 0.4) is 0 Å². The monoisotopic (exact) mass is 806 g/mol. The minimum Gasteiger partial charge on any atom is -0.469 e. The van der Waals surface area contributed by atoms with Crippen LogP contribution >= 0.6 is 47.8 Å². The Balaban J connectivity index is 1.40. The minimum atomic E-state index is -0.312. The molecule has 44 heavy (non-hydrogen) atoms. The lowest BCUT2D eigenvalue weighted by Crippen LogP contribution is -2.56. The topological polar surface area (TPSA) is 94.6 Å². The molecular weight excluding hydrogens is 752 g/mol. The van der Waals surface area contributed by atoms with Crippen LogP contribution in [-0.2, 0) is 9.53 Å². The average Bonchev–Trinajstić information content (AvgIpc) is 3.78. The van der Waals surface area contributed by atoms with Crippen LogP contribution in [0.1, 0.15) is 73.6 Å². The van der Waals surface area contributed by atoms with Crippen LogP contribution in [0.5, 0.6) is 0 Å². The highest BCUT2D eigenvalue weighted by molar-refractivity contribution is 9.10. The lowest BCUT2D eigenvalue weighted by atomic mass is 9.76. The number of ether oxygens (including phenoxy) is 1. The predicted molar refractivity (Wildman–Crippen MR) is 188 cm³/mol. The number of fused-ring (bicyclic) bond motifs is 8. The molecule has 0 amide bonds. The zero-order valence-electron chi connectivity index (χ0n) is 27.6. The molecule has 6 rings (SSSR count). The molecule has 252 valence electrons. The van der Waals surface area contributed by atoms with E-state index in [4.69, 9.17) is 4.74 Å². The quantitative estimate of drug-likeness (QED) is 0.201. The molecular formula is C34H57Br3N4O3. The summed E-state index contributed by atoms with van der Waals surface area (Å²) in [6.07, 6.45) is 4.07. The van der Waals surface area contributed by atoms with Crippen LogP contribution in [0.4, 0.5) is 0 Å². The van der Waals surface area contributed by atoms with E-state index in [-0.39, 0.29) is 51.8 Å². The summed E-state index contributed by atoms with van der Waals surface area (Å²) in [5.74, 6) is 3.75. The molecule has 1 aliphatic carbocycles. The summed E-state index contributed by atoms with van der Waals surface area (Å²) in [6.45, 7) is 14.4. The Morgan fingerprint density at radius 3 is 1.61 bits per heavy atom. The molecule has 21 atom stereocenters. The number of methoxy groups -OCH3 is 1. The van der Waals surface area contributed by atoms with E-state index >= 15 is 0 Å². The van der Waals surface area contributed by atoms with Gasteiger partial charge in [0.05, 0.1) is 13.2 Å². The summed E-state index contributed by atoms with van der Waals surface area (Å²) >= 11 is 12.9. The second kappa shape index (κ2) is 13.5. The Kier molecular flexibility index (Phi) is 10.6. The van der Waals surface area contributed by atoms with Crippen molar-refractivity contribution in [1.82, 2.24) is 21.3 Å². The van der Waals surface area contributed by atoms with Gasteiger partial charge < -0.3 is 31.1 Å². The first kappa shape index (κ1) is 34.6. The van der Waals surface area contributed by atoms with Gasteiger partial charge in [-0.3, -0.25) is 4.79 Å². The van der Waals surface area contributed by atoms with Crippen molar-refractivity contribution in [2.75, 3.05) is 7.11 Å². The fourth-order valence-corrected chi connectivity index (χ4v) is 15.3. The average molecular weight is 810 g/mol. The van der Waals surface area contributed by atoms with Crippen LogP contribution in [-0.4, -0.2) is 87.1 Å². The zero-order chi connectivity index (χ0) is 31.8. The van der Waals surface area contributed by atoms with E-state index < -0.39 is 0 Å². The Morgan fingerprint density at radius 1 is 0.682 bits per heavy atom. The maximum Gasteiger partial charge on any atom is 0.305 e. The van der Waals surface area contributed by atoms with Crippen molar-refractivity contribution >= 4 is 53.8 Å². The normalized spacial score (nSPS) is 56.8.